The molecule has 0 amide bonds. The summed E-state index contributed by atoms with van der Waals surface area (Å²) in [6.07, 6.45) is 2.14. The van der Waals surface area contributed by atoms with Crippen molar-refractivity contribution >= 4 is 21.6 Å². The molecule has 4 nitrogen and oxygen atoms in total. The molecule has 1 aliphatic heterocycles. The van der Waals surface area contributed by atoms with Crippen molar-refractivity contribution in [3.63, 3.8) is 0 Å². The summed E-state index contributed by atoms with van der Waals surface area (Å²) < 4.78 is 8.48. The normalized spacial score (nSPS) is 14.7. The summed E-state index contributed by atoms with van der Waals surface area (Å²) in [6, 6.07) is 17.1. The zero-order chi connectivity index (χ0) is 18.8. The third kappa shape index (κ3) is 3.94. The molecule has 1 aromatic heterocycles. The quantitative estimate of drug-likeness (QED) is 0.570. The standard InChI is InChI=1S/C22H24BrN3O/c1-16(2)22-21(15-26(24-22)20-5-3-4-18(23)14-20)17-6-8-19(9-7-17)25-10-12-27-13-11-25/h3-9,14-16H,10-13H2,1-2H3. The maximum Gasteiger partial charge on any atom is 0.0732 e. The Bertz CT molecular complexity index is 912. The Morgan fingerprint density at radius 3 is 2.41 bits per heavy atom. The van der Waals surface area contributed by atoms with E-state index in [4.69, 9.17) is 9.84 Å². The third-order valence-electron chi connectivity index (χ3n) is 4.92. The molecule has 1 saturated heterocycles. The Balaban J connectivity index is 1.68. The van der Waals surface area contributed by atoms with E-state index >= 15 is 0 Å². The first-order valence-corrected chi connectivity index (χ1v) is 10.2. The average molecular weight is 426 g/mol. The molecule has 0 atom stereocenters. The van der Waals surface area contributed by atoms with Crippen LogP contribution >= 0.6 is 15.9 Å². The summed E-state index contributed by atoms with van der Waals surface area (Å²) in [5.41, 5.74) is 5.83. The Kier molecular flexibility index (Phi) is 5.32. The molecule has 1 aliphatic rings. The van der Waals surface area contributed by atoms with Gasteiger partial charge in [0.1, 0.15) is 0 Å². The van der Waals surface area contributed by atoms with Crippen LogP contribution in [0.1, 0.15) is 25.5 Å². The predicted molar refractivity (Wildman–Crippen MR) is 114 cm³/mol. The predicted octanol–water partition coefficient (Wildman–Crippen LogP) is 5.26. The van der Waals surface area contributed by atoms with Crippen molar-refractivity contribution < 1.29 is 4.74 Å². The second-order valence-electron chi connectivity index (χ2n) is 7.15. The summed E-state index contributed by atoms with van der Waals surface area (Å²) in [5.74, 6) is 0.354. The molecule has 0 radical (unpaired) electrons. The largest absolute Gasteiger partial charge is 0.378 e. The van der Waals surface area contributed by atoms with Gasteiger partial charge < -0.3 is 9.64 Å². The lowest BCUT2D eigenvalue weighted by Crippen LogP contribution is -2.36. The van der Waals surface area contributed by atoms with Gasteiger partial charge in [0, 0.05) is 35.0 Å². The summed E-state index contributed by atoms with van der Waals surface area (Å²) >= 11 is 3.55. The monoisotopic (exact) mass is 425 g/mol. The van der Waals surface area contributed by atoms with Crippen LogP contribution in [-0.4, -0.2) is 36.1 Å². The van der Waals surface area contributed by atoms with E-state index in [1.807, 2.05) is 16.8 Å². The van der Waals surface area contributed by atoms with Gasteiger partial charge in [0.15, 0.2) is 0 Å². The number of aromatic nitrogens is 2. The van der Waals surface area contributed by atoms with Gasteiger partial charge >= 0.3 is 0 Å². The molecule has 3 aromatic rings. The minimum absolute atomic E-state index is 0.354. The molecule has 0 N–H and O–H groups in total. The number of morpholine rings is 1. The van der Waals surface area contributed by atoms with E-state index < -0.39 is 0 Å². The molecular weight excluding hydrogens is 402 g/mol. The first-order chi connectivity index (χ1) is 13.1. The van der Waals surface area contributed by atoms with Crippen LogP contribution in [0.2, 0.25) is 0 Å². The van der Waals surface area contributed by atoms with Crippen LogP contribution in [0, 0.1) is 0 Å². The van der Waals surface area contributed by atoms with Crippen LogP contribution in [0.3, 0.4) is 0 Å². The number of hydrogen-bond donors (Lipinski definition) is 0. The Morgan fingerprint density at radius 2 is 1.74 bits per heavy atom. The molecule has 4 rings (SSSR count). The Labute approximate surface area is 168 Å². The lowest BCUT2D eigenvalue weighted by atomic mass is 10.00. The number of ether oxygens (including phenoxy) is 1. The molecule has 5 heteroatoms. The second-order valence-corrected chi connectivity index (χ2v) is 8.07. The Hall–Kier alpha value is -2.11. The first-order valence-electron chi connectivity index (χ1n) is 9.40. The topological polar surface area (TPSA) is 30.3 Å². The second kappa shape index (κ2) is 7.87. The molecule has 0 spiro atoms. The third-order valence-corrected chi connectivity index (χ3v) is 5.41. The van der Waals surface area contributed by atoms with Gasteiger partial charge in [0.25, 0.3) is 0 Å². The highest BCUT2D eigenvalue weighted by Gasteiger charge is 2.16. The van der Waals surface area contributed by atoms with Gasteiger partial charge in [-0.3, -0.25) is 0 Å². The maximum absolute atomic E-state index is 5.45. The fourth-order valence-corrected chi connectivity index (χ4v) is 3.85. The summed E-state index contributed by atoms with van der Waals surface area (Å²) in [7, 11) is 0. The van der Waals surface area contributed by atoms with Crippen LogP contribution in [0.25, 0.3) is 16.8 Å². The highest BCUT2D eigenvalue weighted by atomic mass is 79.9. The molecule has 0 aliphatic carbocycles. The molecule has 140 valence electrons. The van der Waals surface area contributed by atoms with E-state index in [9.17, 15) is 0 Å². The van der Waals surface area contributed by atoms with Crippen molar-refractivity contribution in [1.29, 1.82) is 0 Å². The van der Waals surface area contributed by atoms with E-state index in [0.29, 0.717) is 5.92 Å². The fraction of sp³-hybridized carbons (Fsp3) is 0.318. The highest BCUT2D eigenvalue weighted by Crippen LogP contribution is 2.31. The number of halogens is 1. The van der Waals surface area contributed by atoms with Crippen LogP contribution in [-0.2, 0) is 4.74 Å². The van der Waals surface area contributed by atoms with Crippen molar-refractivity contribution in [3.05, 3.63) is 64.9 Å². The van der Waals surface area contributed by atoms with Gasteiger partial charge in [0.2, 0.25) is 0 Å². The molecule has 27 heavy (non-hydrogen) atoms. The average Bonchev–Trinajstić information content (AvgIpc) is 3.15. The number of hydrogen-bond acceptors (Lipinski definition) is 3. The number of nitrogens with zero attached hydrogens (tertiary/aromatic N) is 3. The van der Waals surface area contributed by atoms with Gasteiger partial charge in [-0.25, -0.2) is 4.68 Å². The zero-order valence-electron chi connectivity index (χ0n) is 15.7. The lowest BCUT2D eigenvalue weighted by Gasteiger charge is -2.28. The first kappa shape index (κ1) is 18.3. The molecule has 2 heterocycles. The van der Waals surface area contributed by atoms with E-state index in [1.165, 1.54) is 16.8 Å². The van der Waals surface area contributed by atoms with E-state index in [2.05, 4.69) is 77.3 Å². The molecule has 2 aromatic carbocycles. The van der Waals surface area contributed by atoms with Crippen LogP contribution in [0.5, 0.6) is 0 Å². The van der Waals surface area contributed by atoms with Crippen molar-refractivity contribution in [2.75, 3.05) is 31.2 Å². The summed E-state index contributed by atoms with van der Waals surface area (Å²) in [5, 5.41) is 4.88. The molecule has 0 unspecified atom stereocenters. The van der Waals surface area contributed by atoms with E-state index in [-0.39, 0.29) is 0 Å². The molecule has 1 fully saturated rings. The molecular formula is C22H24BrN3O. The Morgan fingerprint density at radius 1 is 1.00 bits per heavy atom. The van der Waals surface area contributed by atoms with Gasteiger partial charge in [-0.15, -0.1) is 0 Å². The summed E-state index contributed by atoms with van der Waals surface area (Å²) in [6.45, 7) is 7.91. The molecule has 0 bridgehead atoms. The van der Waals surface area contributed by atoms with E-state index in [0.717, 1.165) is 42.2 Å². The zero-order valence-corrected chi connectivity index (χ0v) is 17.3. The maximum atomic E-state index is 5.45. The van der Waals surface area contributed by atoms with Crippen LogP contribution in [0.4, 0.5) is 5.69 Å². The lowest BCUT2D eigenvalue weighted by molar-refractivity contribution is 0.122. The van der Waals surface area contributed by atoms with Crippen LogP contribution in [0.15, 0.2) is 59.2 Å². The SMILES string of the molecule is CC(C)c1nn(-c2cccc(Br)c2)cc1-c1ccc(N2CCOCC2)cc1. The van der Waals surface area contributed by atoms with Gasteiger partial charge in [-0.1, -0.05) is 48.0 Å². The van der Waals surface area contributed by atoms with Gasteiger partial charge in [-0.05, 0) is 41.8 Å². The van der Waals surface area contributed by atoms with Crippen molar-refractivity contribution in [2.24, 2.45) is 0 Å². The van der Waals surface area contributed by atoms with Gasteiger partial charge in [0.05, 0.1) is 24.6 Å². The van der Waals surface area contributed by atoms with Gasteiger partial charge in [-0.2, -0.15) is 5.10 Å². The number of anilines is 1. The smallest absolute Gasteiger partial charge is 0.0732 e. The molecule has 0 saturated carbocycles. The fourth-order valence-electron chi connectivity index (χ4n) is 3.46. The minimum atomic E-state index is 0.354. The summed E-state index contributed by atoms with van der Waals surface area (Å²) in [4.78, 5) is 2.38. The van der Waals surface area contributed by atoms with Crippen molar-refractivity contribution in [2.45, 2.75) is 19.8 Å². The van der Waals surface area contributed by atoms with Crippen molar-refractivity contribution in [1.82, 2.24) is 9.78 Å². The number of rotatable bonds is 4. The van der Waals surface area contributed by atoms with E-state index in [1.54, 1.807) is 0 Å². The number of benzene rings is 2. The van der Waals surface area contributed by atoms with Crippen LogP contribution < -0.4 is 4.90 Å². The minimum Gasteiger partial charge on any atom is -0.378 e. The highest BCUT2D eigenvalue weighted by molar-refractivity contribution is 9.10. The van der Waals surface area contributed by atoms with Crippen molar-refractivity contribution in [3.8, 4) is 16.8 Å².